The van der Waals surface area contributed by atoms with E-state index in [0.717, 1.165) is 19.3 Å². The molecule has 1 aromatic carbocycles. The number of hydrogen-bond donors (Lipinski definition) is 3. The molecular weight excluding hydrogens is 593 g/mol. The van der Waals surface area contributed by atoms with Crippen molar-refractivity contribution in [1.29, 1.82) is 0 Å². The van der Waals surface area contributed by atoms with E-state index in [1.54, 1.807) is 12.1 Å². The number of sulfonamides is 1. The van der Waals surface area contributed by atoms with E-state index in [1.165, 1.54) is 15.9 Å². The van der Waals surface area contributed by atoms with Crippen molar-refractivity contribution in [1.82, 2.24) is 19.8 Å². The Morgan fingerprint density at radius 1 is 1.11 bits per heavy atom. The molecule has 238 valence electrons. The average molecular weight is 632 g/mol. The maximum absolute atomic E-state index is 14.2. The first kappa shape index (κ1) is 30.5. The number of fused-ring (bicyclic) bond motifs is 3. The summed E-state index contributed by atoms with van der Waals surface area (Å²) in [6.07, 6.45) is 6.91. The Hall–Kier alpha value is -3.52. The molecular formula is C30H38FN5O7S. The molecule has 1 aromatic rings. The van der Waals surface area contributed by atoms with Crippen LogP contribution in [0, 0.1) is 11.7 Å². The van der Waals surface area contributed by atoms with Gasteiger partial charge in [0.05, 0.1) is 24.4 Å². The lowest BCUT2D eigenvalue weighted by atomic mass is 10.1. The van der Waals surface area contributed by atoms with Crippen LogP contribution in [-0.2, 0) is 42.2 Å². The van der Waals surface area contributed by atoms with Gasteiger partial charge in [0.25, 0.3) is 5.91 Å². The van der Waals surface area contributed by atoms with Crippen LogP contribution in [0.1, 0.15) is 68.9 Å². The number of rotatable bonds is 4. The number of carbonyl (C=O) groups excluding carboxylic acids is 4. The normalized spacial score (nSPS) is 31.5. The van der Waals surface area contributed by atoms with E-state index in [0.29, 0.717) is 36.8 Å². The Morgan fingerprint density at radius 2 is 1.91 bits per heavy atom. The summed E-state index contributed by atoms with van der Waals surface area (Å²) >= 11 is 0. The number of benzene rings is 1. The minimum Gasteiger partial charge on any atom is -0.444 e. The first-order valence-electron chi connectivity index (χ1n) is 15.3. The summed E-state index contributed by atoms with van der Waals surface area (Å²) in [7, 11) is -3.86. The van der Waals surface area contributed by atoms with Crippen LogP contribution in [0.25, 0.3) is 0 Å². The fourth-order valence-electron chi connectivity index (χ4n) is 6.47. The number of nitrogens with zero attached hydrogens (tertiary/aromatic N) is 2. The number of hydrogen-bond acceptors (Lipinski definition) is 8. The first-order valence-corrected chi connectivity index (χ1v) is 16.9. The van der Waals surface area contributed by atoms with E-state index in [4.69, 9.17) is 10.5 Å². The standard InChI is InChI=1S/C30H38FN5O7S/c31-23-9-6-7-18-15-35(17-22(18)23)29(40)43-20-13-25-26(37)33-30(28(39)34-44(41,42)21-11-12-21)14-19(30)8-4-2-1-3-5-10-24(32)27(38)36(25)16-20/h4,6-9,19-21,24-25H,1-3,5,10-17,32H2,(H,33,37)(H,34,39)/b8-4-/t19-,20+,24-,25-,30-/m0/s1. The molecule has 0 aromatic heterocycles. The van der Waals surface area contributed by atoms with Crippen LogP contribution in [0.4, 0.5) is 9.18 Å². The van der Waals surface area contributed by atoms with Crippen LogP contribution in [-0.4, -0.2) is 77.6 Å². The van der Waals surface area contributed by atoms with Crippen LogP contribution in [0.3, 0.4) is 0 Å². The Kier molecular flexibility index (Phi) is 8.16. The van der Waals surface area contributed by atoms with Crippen LogP contribution in [0.15, 0.2) is 30.4 Å². The monoisotopic (exact) mass is 631 g/mol. The maximum atomic E-state index is 14.2. The molecule has 44 heavy (non-hydrogen) atoms. The fourth-order valence-corrected chi connectivity index (χ4v) is 7.83. The van der Waals surface area contributed by atoms with Gasteiger partial charge in [-0.3, -0.25) is 24.0 Å². The predicted molar refractivity (Wildman–Crippen MR) is 155 cm³/mol. The van der Waals surface area contributed by atoms with Gasteiger partial charge >= 0.3 is 6.09 Å². The third-order valence-electron chi connectivity index (χ3n) is 9.34. The molecule has 2 saturated carbocycles. The number of carbonyl (C=O) groups is 4. The van der Waals surface area contributed by atoms with Crippen LogP contribution >= 0.6 is 0 Å². The molecule has 0 spiro atoms. The van der Waals surface area contributed by atoms with Crippen molar-refractivity contribution in [2.75, 3.05) is 6.54 Å². The number of amides is 4. The lowest BCUT2D eigenvalue weighted by Gasteiger charge is -2.28. The van der Waals surface area contributed by atoms with Crippen molar-refractivity contribution in [2.45, 2.75) is 99.9 Å². The Balaban J connectivity index is 1.20. The highest BCUT2D eigenvalue weighted by molar-refractivity contribution is 7.91. The molecule has 0 bridgehead atoms. The lowest BCUT2D eigenvalue weighted by Crippen LogP contribution is -2.57. The summed E-state index contributed by atoms with van der Waals surface area (Å²) in [6.45, 7) is 0.137. The van der Waals surface area contributed by atoms with Crippen molar-refractivity contribution >= 4 is 33.8 Å². The van der Waals surface area contributed by atoms with Crippen molar-refractivity contribution in [3.8, 4) is 0 Å². The van der Waals surface area contributed by atoms with Crippen LogP contribution in [0.2, 0.25) is 0 Å². The molecule has 4 N–H and O–H groups in total. The number of nitrogens with two attached hydrogens (primary N) is 1. The molecule has 2 aliphatic carbocycles. The van der Waals surface area contributed by atoms with E-state index in [9.17, 15) is 32.0 Å². The zero-order valence-corrected chi connectivity index (χ0v) is 25.2. The van der Waals surface area contributed by atoms with E-state index < -0.39 is 74.5 Å². The van der Waals surface area contributed by atoms with Crippen molar-refractivity contribution in [2.24, 2.45) is 11.7 Å². The van der Waals surface area contributed by atoms with E-state index in [-0.39, 0.29) is 32.5 Å². The van der Waals surface area contributed by atoms with Crippen molar-refractivity contribution in [3.05, 3.63) is 47.3 Å². The molecule has 14 heteroatoms. The summed E-state index contributed by atoms with van der Waals surface area (Å²) in [6, 6.07) is 2.68. The highest BCUT2D eigenvalue weighted by atomic mass is 32.2. The van der Waals surface area contributed by atoms with Gasteiger partial charge < -0.3 is 20.7 Å². The SMILES string of the molecule is N[C@H]1CCCCC/C=C\[C@H]2C[C@]2(C(=O)NS(=O)(=O)C2CC2)NC(=O)[C@@H]2C[C@@H](OC(=O)N3Cc4cccc(F)c4C3)CN2C1=O. The summed E-state index contributed by atoms with van der Waals surface area (Å²) in [4.78, 5) is 56.5. The molecule has 3 aliphatic heterocycles. The number of ether oxygens (including phenoxy) is 1. The average Bonchev–Trinajstić information content (AvgIpc) is 3.86. The first-order chi connectivity index (χ1) is 21.0. The number of halogens is 1. The van der Waals surface area contributed by atoms with Gasteiger partial charge in [0, 0.05) is 24.4 Å². The second-order valence-electron chi connectivity index (χ2n) is 12.6. The van der Waals surface area contributed by atoms with Gasteiger partial charge in [0.2, 0.25) is 21.8 Å². The Morgan fingerprint density at radius 3 is 2.66 bits per heavy atom. The molecule has 6 rings (SSSR count). The molecule has 0 radical (unpaired) electrons. The number of allylic oxidation sites excluding steroid dienone is 1. The van der Waals surface area contributed by atoms with Gasteiger partial charge in [0.1, 0.15) is 23.5 Å². The quantitative estimate of drug-likeness (QED) is 0.421. The number of nitrogens with one attached hydrogen (secondary N) is 2. The molecule has 5 atom stereocenters. The molecule has 5 aliphatic rings. The van der Waals surface area contributed by atoms with Gasteiger partial charge in [-0.1, -0.05) is 37.1 Å². The van der Waals surface area contributed by atoms with E-state index in [1.807, 2.05) is 12.2 Å². The van der Waals surface area contributed by atoms with Crippen molar-refractivity contribution < 1.29 is 36.7 Å². The van der Waals surface area contributed by atoms with E-state index >= 15 is 0 Å². The van der Waals surface area contributed by atoms with Gasteiger partial charge in [-0.05, 0) is 50.2 Å². The highest BCUT2D eigenvalue weighted by Crippen LogP contribution is 2.46. The van der Waals surface area contributed by atoms with Crippen LogP contribution < -0.4 is 15.8 Å². The minimum absolute atomic E-state index is 0.0379. The molecule has 3 heterocycles. The molecule has 12 nitrogen and oxygen atoms in total. The summed E-state index contributed by atoms with van der Waals surface area (Å²) in [5.74, 6) is -2.73. The van der Waals surface area contributed by atoms with Gasteiger partial charge in [-0.25, -0.2) is 17.6 Å². The smallest absolute Gasteiger partial charge is 0.410 e. The summed E-state index contributed by atoms with van der Waals surface area (Å²) < 4.78 is 47.3. The largest absolute Gasteiger partial charge is 0.444 e. The fraction of sp³-hybridized carbons (Fsp3) is 0.600. The zero-order valence-electron chi connectivity index (χ0n) is 24.4. The van der Waals surface area contributed by atoms with Crippen molar-refractivity contribution in [3.63, 3.8) is 0 Å². The Labute approximate surface area is 255 Å². The van der Waals surface area contributed by atoms with Gasteiger partial charge in [0.15, 0.2) is 0 Å². The second-order valence-corrected chi connectivity index (χ2v) is 14.6. The molecule has 0 unspecified atom stereocenters. The third-order valence-corrected chi connectivity index (χ3v) is 11.2. The maximum Gasteiger partial charge on any atom is 0.410 e. The predicted octanol–water partition coefficient (Wildman–Crippen LogP) is 1.58. The highest BCUT2D eigenvalue weighted by Gasteiger charge is 2.62. The molecule has 3 fully saturated rings. The molecule has 1 saturated heterocycles. The summed E-state index contributed by atoms with van der Waals surface area (Å²) in [5, 5.41) is 2.16. The second kappa shape index (κ2) is 11.8. The summed E-state index contributed by atoms with van der Waals surface area (Å²) in [5.41, 5.74) is 5.89. The van der Waals surface area contributed by atoms with Crippen LogP contribution in [0.5, 0.6) is 0 Å². The lowest BCUT2D eigenvalue weighted by molar-refractivity contribution is -0.140. The van der Waals surface area contributed by atoms with Gasteiger partial charge in [-0.2, -0.15) is 0 Å². The van der Waals surface area contributed by atoms with E-state index in [2.05, 4.69) is 10.0 Å². The van der Waals surface area contributed by atoms with Gasteiger partial charge in [-0.15, -0.1) is 0 Å². The zero-order chi connectivity index (χ0) is 31.2. The molecule has 4 amide bonds. The Bertz CT molecular complexity index is 1500. The minimum atomic E-state index is -3.86. The third kappa shape index (κ3) is 6.06. The topological polar surface area (TPSA) is 168 Å².